The van der Waals surface area contributed by atoms with Crippen LogP contribution in [0.15, 0.2) is 185 Å². The molecule has 0 bridgehead atoms. The molecule has 4 heteroatoms. The minimum Gasteiger partial charge on any atom is -0.456 e. The lowest BCUT2D eigenvalue weighted by atomic mass is 9.96. The first-order valence-electron chi connectivity index (χ1n) is 17.6. The van der Waals surface area contributed by atoms with E-state index in [9.17, 15) is 0 Å². The van der Waals surface area contributed by atoms with Crippen LogP contribution in [0.5, 0.6) is 0 Å². The van der Waals surface area contributed by atoms with Gasteiger partial charge in [0.1, 0.15) is 22.3 Å². The largest absolute Gasteiger partial charge is 0.456 e. The number of benzene rings is 8. The summed E-state index contributed by atoms with van der Waals surface area (Å²) in [5.41, 5.74) is 13.7. The molecule has 0 atom stereocenters. The highest BCUT2D eigenvalue weighted by atomic mass is 16.3. The van der Waals surface area contributed by atoms with E-state index in [0.717, 1.165) is 77.6 Å². The van der Waals surface area contributed by atoms with E-state index in [2.05, 4.69) is 162 Å². The summed E-state index contributed by atoms with van der Waals surface area (Å²) in [6, 6.07) is 62.2. The molecule has 8 aromatic carbocycles. The number of aromatic nitrogens is 1. The van der Waals surface area contributed by atoms with Crippen LogP contribution in [0.2, 0.25) is 0 Å². The fourth-order valence-electron chi connectivity index (χ4n) is 7.93. The van der Waals surface area contributed by atoms with Crippen molar-refractivity contribution in [2.75, 3.05) is 5.32 Å². The van der Waals surface area contributed by atoms with Gasteiger partial charge in [0.2, 0.25) is 0 Å². The number of anilines is 2. The van der Waals surface area contributed by atoms with E-state index in [1.807, 2.05) is 24.3 Å². The lowest BCUT2D eigenvalue weighted by Crippen LogP contribution is -1.95. The van der Waals surface area contributed by atoms with E-state index in [1.54, 1.807) is 0 Å². The van der Waals surface area contributed by atoms with Crippen LogP contribution < -0.4 is 5.32 Å². The predicted octanol–water partition coefficient (Wildman–Crippen LogP) is 13.7. The van der Waals surface area contributed by atoms with Gasteiger partial charge in [0, 0.05) is 54.9 Å². The molecule has 11 aromatic rings. The highest BCUT2D eigenvalue weighted by Crippen LogP contribution is 2.40. The number of rotatable bonds is 5. The molecule has 3 heterocycles. The van der Waals surface area contributed by atoms with Crippen molar-refractivity contribution in [3.63, 3.8) is 0 Å². The lowest BCUT2D eigenvalue weighted by molar-refractivity contribution is 0.668. The van der Waals surface area contributed by atoms with E-state index in [0.29, 0.717) is 0 Å². The average Bonchev–Trinajstić information content (AvgIpc) is 3.87. The van der Waals surface area contributed by atoms with Gasteiger partial charge in [0.15, 0.2) is 0 Å². The zero-order valence-corrected chi connectivity index (χ0v) is 28.0. The van der Waals surface area contributed by atoms with Crippen molar-refractivity contribution in [1.29, 1.82) is 0 Å². The molecule has 0 fully saturated rings. The van der Waals surface area contributed by atoms with Crippen LogP contribution in [0, 0.1) is 0 Å². The van der Waals surface area contributed by atoms with E-state index in [4.69, 9.17) is 8.83 Å². The molecule has 0 saturated heterocycles. The van der Waals surface area contributed by atoms with E-state index in [1.165, 1.54) is 27.4 Å². The molecule has 11 rings (SSSR count). The molecular weight excluding hydrogens is 637 g/mol. The zero-order valence-electron chi connectivity index (χ0n) is 28.0. The normalized spacial score (nSPS) is 11.8. The van der Waals surface area contributed by atoms with Gasteiger partial charge >= 0.3 is 0 Å². The first kappa shape index (κ1) is 28.8. The van der Waals surface area contributed by atoms with Gasteiger partial charge in [-0.25, -0.2) is 0 Å². The van der Waals surface area contributed by atoms with Crippen LogP contribution in [0.3, 0.4) is 0 Å². The lowest BCUT2D eigenvalue weighted by Gasteiger charge is -2.15. The molecule has 0 spiro atoms. The van der Waals surface area contributed by atoms with Gasteiger partial charge in [0.25, 0.3) is 0 Å². The van der Waals surface area contributed by atoms with Crippen LogP contribution in [0.25, 0.3) is 93.6 Å². The van der Waals surface area contributed by atoms with Crippen molar-refractivity contribution in [1.82, 2.24) is 4.57 Å². The molecule has 4 nitrogen and oxygen atoms in total. The number of nitrogens with zero attached hydrogens (tertiary/aromatic N) is 1. The molecule has 1 N–H and O–H groups in total. The Bertz CT molecular complexity index is 3160. The van der Waals surface area contributed by atoms with Crippen LogP contribution in [-0.4, -0.2) is 4.57 Å². The van der Waals surface area contributed by atoms with Crippen LogP contribution in [-0.2, 0) is 0 Å². The van der Waals surface area contributed by atoms with Gasteiger partial charge in [0.05, 0.1) is 11.0 Å². The Hall–Kier alpha value is -7.04. The van der Waals surface area contributed by atoms with Crippen molar-refractivity contribution >= 4 is 77.1 Å². The van der Waals surface area contributed by atoms with Gasteiger partial charge in [-0.15, -0.1) is 0 Å². The topological polar surface area (TPSA) is 43.2 Å². The van der Waals surface area contributed by atoms with Gasteiger partial charge in [-0.2, -0.15) is 0 Å². The first-order chi connectivity index (χ1) is 25.7. The molecule has 3 aromatic heterocycles. The monoisotopic (exact) mass is 666 g/mol. The third-order valence-corrected chi connectivity index (χ3v) is 10.4. The summed E-state index contributed by atoms with van der Waals surface area (Å²) in [5.74, 6) is 0. The number of hydrogen-bond donors (Lipinski definition) is 1. The second-order valence-corrected chi connectivity index (χ2v) is 13.4. The van der Waals surface area contributed by atoms with Crippen molar-refractivity contribution in [2.24, 2.45) is 0 Å². The molecule has 0 aliphatic carbocycles. The fourth-order valence-corrected chi connectivity index (χ4v) is 7.93. The number of fused-ring (bicyclic) bond motifs is 9. The summed E-state index contributed by atoms with van der Waals surface area (Å²) in [5, 5.41) is 10.7. The standard InChI is InChI=1S/C48H30N2O2/c1-2-10-30(11-3-1)38-26-31(18-22-42(38)49-33-20-24-47-40(28-33)36-13-5-8-16-45(36)51-47)32-19-23-44-39(27-32)35-12-4-7-15-43(35)50(44)34-21-25-48-41(29-34)37-14-6-9-17-46(37)52-48/h1-29,49H. The Morgan fingerprint density at radius 1 is 0.365 bits per heavy atom. The quantitative estimate of drug-likeness (QED) is 0.199. The van der Waals surface area contributed by atoms with E-state index in [-0.39, 0.29) is 0 Å². The Balaban J connectivity index is 1.03. The zero-order chi connectivity index (χ0) is 34.2. The Morgan fingerprint density at radius 2 is 0.962 bits per heavy atom. The number of furan rings is 2. The summed E-state index contributed by atoms with van der Waals surface area (Å²) in [6.45, 7) is 0. The number of hydrogen-bond acceptors (Lipinski definition) is 3. The summed E-state index contributed by atoms with van der Waals surface area (Å²) in [6.07, 6.45) is 0. The number of para-hydroxylation sites is 3. The Kier molecular flexibility index (Phi) is 6.22. The first-order valence-corrected chi connectivity index (χ1v) is 17.6. The SMILES string of the molecule is c1ccc(-c2cc(-c3ccc4c(c3)c3ccccc3n4-c3ccc4oc5ccccc5c4c3)ccc2Nc2ccc3oc4ccccc4c3c2)cc1. The van der Waals surface area contributed by atoms with Crippen LogP contribution in [0.4, 0.5) is 11.4 Å². The maximum atomic E-state index is 6.16. The van der Waals surface area contributed by atoms with Gasteiger partial charge in [-0.3, -0.25) is 0 Å². The number of nitrogens with one attached hydrogen (secondary N) is 1. The second kappa shape index (κ2) is 11.2. The molecular formula is C48H30N2O2. The highest BCUT2D eigenvalue weighted by Gasteiger charge is 2.16. The van der Waals surface area contributed by atoms with E-state index >= 15 is 0 Å². The van der Waals surface area contributed by atoms with Gasteiger partial charge in [-0.05, 0) is 95.6 Å². The Labute approximate surface area is 298 Å². The summed E-state index contributed by atoms with van der Waals surface area (Å²) in [7, 11) is 0. The summed E-state index contributed by atoms with van der Waals surface area (Å²) in [4.78, 5) is 0. The second-order valence-electron chi connectivity index (χ2n) is 13.4. The van der Waals surface area contributed by atoms with Gasteiger partial charge < -0.3 is 18.7 Å². The maximum Gasteiger partial charge on any atom is 0.135 e. The smallest absolute Gasteiger partial charge is 0.135 e. The van der Waals surface area contributed by atoms with Crippen molar-refractivity contribution in [2.45, 2.75) is 0 Å². The minimum atomic E-state index is 0.887. The molecule has 0 aliphatic heterocycles. The fraction of sp³-hybridized carbons (Fsp3) is 0. The summed E-state index contributed by atoms with van der Waals surface area (Å²) >= 11 is 0. The summed E-state index contributed by atoms with van der Waals surface area (Å²) < 4.78 is 14.6. The third-order valence-electron chi connectivity index (χ3n) is 10.4. The predicted molar refractivity (Wildman–Crippen MR) is 216 cm³/mol. The molecule has 0 amide bonds. The van der Waals surface area contributed by atoms with Crippen LogP contribution in [0.1, 0.15) is 0 Å². The molecule has 0 unspecified atom stereocenters. The molecule has 0 saturated carbocycles. The third kappa shape index (κ3) is 4.48. The van der Waals surface area contributed by atoms with Gasteiger partial charge in [-0.1, -0.05) is 97.1 Å². The van der Waals surface area contributed by atoms with E-state index < -0.39 is 0 Å². The van der Waals surface area contributed by atoms with Crippen LogP contribution >= 0.6 is 0 Å². The molecule has 244 valence electrons. The van der Waals surface area contributed by atoms with Crippen molar-refractivity contribution in [3.05, 3.63) is 176 Å². The maximum absolute atomic E-state index is 6.16. The van der Waals surface area contributed by atoms with Crippen molar-refractivity contribution < 1.29 is 8.83 Å². The Morgan fingerprint density at radius 3 is 1.75 bits per heavy atom. The molecule has 0 radical (unpaired) electrons. The van der Waals surface area contributed by atoms with Crippen molar-refractivity contribution in [3.8, 4) is 27.9 Å². The highest BCUT2D eigenvalue weighted by molar-refractivity contribution is 6.12. The molecule has 0 aliphatic rings. The average molecular weight is 667 g/mol. The minimum absolute atomic E-state index is 0.887. The molecule has 52 heavy (non-hydrogen) atoms.